The molecule has 3 aliphatic rings. The lowest BCUT2D eigenvalue weighted by molar-refractivity contribution is 0.0976. The fraction of sp³-hybridized carbons (Fsp3) is 0.167. The number of Topliss-reactive ketones (excluding diaryl/α,β-unsaturated/α-hetero) is 4. The molecule has 15 rings (SSSR count). The number of anilines is 4. The van der Waals surface area contributed by atoms with Crippen LogP contribution in [-0.2, 0) is 25.7 Å². The molecule has 3 saturated heterocycles. The van der Waals surface area contributed by atoms with E-state index in [0.717, 1.165) is 74.9 Å². The first-order valence-electron chi connectivity index (χ1n) is 40.2. The minimum absolute atomic E-state index is 0.0200. The molecule has 5 N–H and O–H groups in total. The van der Waals surface area contributed by atoms with Gasteiger partial charge in [-0.1, -0.05) is 165 Å². The third kappa shape index (κ3) is 26.3. The molecule has 3 aliphatic heterocycles. The number of carbonyl (C=O) groups is 8. The SMILES string of the molecule is CN=C(C)c1ccc(C(=O)Cc2ccc(Cl)cc2C(=O)Nc2ccc(Cl)cn2)c(F)c1.CN=C(c1ccc(C(=O)Cc2ccc(Cl)cc2C(=O)Nc2ccc(Cl)cn2)c(Cl)c1)N1CC1.CN=C(c1ccc(C(=O)Cc2ccc(Cl)cc2C(=O)Nc2ccc(Cl)cn2)c(Cl)c1)N1CCC1.N=C(c1ccc(C(=O)Cc2ccc(Cl)cc2C(=O)Nc2ccc(Cl)cn2)c(F)c1)N1CCC1. The Morgan fingerprint density at radius 1 is 0.321 bits per heavy atom. The summed E-state index contributed by atoms with van der Waals surface area (Å²) in [7, 11) is 5.08. The summed E-state index contributed by atoms with van der Waals surface area (Å²) in [5, 5.41) is 22.7. The quantitative estimate of drug-likeness (QED) is 0.0163. The molecular weight excluding hydrogens is 1880 g/mol. The largest absolute Gasteiger partial charge is 0.356 e. The molecule has 0 bridgehead atoms. The van der Waals surface area contributed by atoms with E-state index < -0.39 is 46.8 Å². The number of pyridine rings is 4. The maximum absolute atomic E-state index is 14.7. The Hall–Kier alpha value is -12.2. The normalized spacial score (nSPS) is 12.7. The Morgan fingerprint density at radius 3 is 0.855 bits per heavy atom. The van der Waals surface area contributed by atoms with Crippen LogP contribution in [0.5, 0.6) is 0 Å². The van der Waals surface area contributed by atoms with E-state index in [-0.39, 0.29) is 82.3 Å². The van der Waals surface area contributed by atoms with Gasteiger partial charge in [0.1, 0.15) is 52.4 Å². The number of rotatable bonds is 24. The minimum Gasteiger partial charge on any atom is -0.356 e. The third-order valence-electron chi connectivity index (χ3n) is 20.7. The summed E-state index contributed by atoms with van der Waals surface area (Å²) in [4.78, 5) is 138. The molecule has 0 saturated carbocycles. The van der Waals surface area contributed by atoms with Crippen molar-refractivity contribution in [1.82, 2.24) is 34.6 Å². The zero-order valence-corrected chi connectivity index (χ0v) is 77.6. The van der Waals surface area contributed by atoms with Crippen molar-refractivity contribution in [2.24, 2.45) is 15.0 Å². The topological polar surface area (TPSA) is 307 Å². The van der Waals surface area contributed by atoms with Crippen LogP contribution in [0.2, 0.25) is 50.2 Å². The number of amidine groups is 3. The predicted molar refractivity (Wildman–Crippen MR) is 516 cm³/mol. The zero-order chi connectivity index (χ0) is 93.9. The molecule has 0 aliphatic carbocycles. The molecule has 0 unspecified atom stereocenters. The molecule has 4 aromatic heterocycles. The van der Waals surface area contributed by atoms with Crippen LogP contribution in [0.4, 0.5) is 32.1 Å². The van der Waals surface area contributed by atoms with E-state index in [9.17, 15) is 47.1 Å². The summed E-state index contributed by atoms with van der Waals surface area (Å²) < 4.78 is 29.3. The van der Waals surface area contributed by atoms with E-state index in [1.807, 2.05) is 17.0 Å². The van der Waals surface area contributed by atoms with Gasteiger partial charge >= 0.3 is 0 Å². The number of aromatic nitrogens is 4. The monoisotopic (exact) mass is 1960 g/mol. The number of benzene rings is 8. The highest BCUT2D eigenvalue weighted by Crippen LogP contribution is 2.32. The Morgan fingerprint density at radius 2 is 0.595 bits per heavy atom. The van der Waals surface area contributed by atoms with E-state index in [4.69, 9.17) is 121 Å². The summed E-state index contributed by atoms with van der Waals surface area (Å²) in [5.41, 5.74) is 6.80. The highest BCUT2D eigenvalue weighted by molar-refractivity contribution is 6.36. The smallest absolute Gasteiger partial charge is 0.257 e. The van der Waals surface area contributed by atoms with Crippen molar-refractivity contribution >= 4 is 209 Å². The van der Waals surface area contributed by atoms with Crippen molar-refractivity contribution in [2.75, 3.05) is 81.7 Å². The highest BCUT2D eigenvalue weighted by atomic mass is 35.5. The van der Waals surface area contributed by atoms with Crippen LogP contribution in [-0.4, -0.2) is 165 Å². The summed E-state index contributed by atoms with van der Waals surface area (Å²) in [5.74, 6) is -1.38. The summed E-state index contributed by atoms with van der Waals surface area (Å²) in [6.45, 7) is 7.12. The van der Waals surface area contributed by atoms with Crippen molar-refractivity contribution in [3.8, 4) is 0 Å². The fourth-order valence-corrected chi connectivity index (χ4v) is 15.1. The first-order chi connectivity index (χ1) is 62.8. The number of carbonyl (C=O) groups excluding carboxylic acids is 8. The summed E-state index contributed by atoms with van der Waals surface area (Å²) in [6.07, 6.45) is 7.38. The molecule has 0 spiro atoms. The van der Waals surface area contributed by atoms with E-state index in [1.165, 1.54) is 73.3 Å². The first kappa shape index (κ1) is 97.8. The number of amides is 4. The van der Waals surface area contributed by atoms with Crippen molar-refractivity contribution < 1.29 is 47.1 Å². The number of aliphatic imine (C=N–C) groups is 3. The van der Waals surface area contributed by atoms with Gasteiger partial charge in [-0.15, -0.1) is 0 Å². The van der Waals surface area contributed by atoms with E-state index in [1.54, 1.807) is 162 Å². The number of nitrogens with one attached hydrogen (secondary N) is 5. The number of nitrogens with zero attached hydrogens (tertiary/aromatic N) is 10. The second-order valence-corrected chi connectivity index (χ2v) is 33.9. The van der Waals surface area contributed by atoms with Gasteiger partial charge in [0.15, 0.2) is 23.1 Å². The van der Waals surface area contributed by atoms with Gasteiger partial charge < -0.3 is 36.0 Å². The van der Waals surface area contributed by atoms with Crippen LogP contribution < -0.4 is 21.3 Å². The van der Waals surface area contributed by atoms with Crippen molar-refractivity contribution in [1.29, 1.82) is 5.41 Å². The average molecular weight is 1960 g/mol. The van der Waals surface area contributed by atoms with Gasteiger partial charge in [0.2, 0.25) is 0 Å². The van der Waals surface area contributed by atoms with Gasteiger partial charge in [-0.05, 0) is 193 Å². The average Bonchev–Trinajstić information content (AvgIpc) is 1.74. The number of ketones is 4. The van der Waals surface area contributed by atoms with Crippen LogP contribution in [0.25, 0.3) is 0 Å². The van der Waals surface area contributed by atoms with Gasteiger partial charge in [0.05, 0.1) is 41.3 Å². The molecular formula is C96H77Cl10F2N15O8. The molecule has 668 valence electrons. The van der Waals surface area contributed by atoms with Crippen molar-refractivity contribution in [3.05, 3.63) is 370 Å². The molecule has 35 heteroatoms. The number of hydrogen-bond donors (Lipinski definition) is 5. The molecule has 0 atom stereocenters. The second-order valence-electron chi connectivity index (χ2n) is 29.6. The lowest BCUT2D eigenvalue weighted by Gasteiger charge is -2.34. The van der Waals surface area contributed by atoms with Crippen LogP contribution >= 0.6 is 116 Å². The molecule has 0 radical (unpaired) electrons. The third-order valence-corrected chi connectivity index (χ3v) is 23.1. The zero-order valence-electron chi connectivity index (χ0n) is 70.0. The standard InChI is InChI=1S/C25H21Cl3N4O2.C24H19Cl3N4O2.C24H19Cl2FN4O2.C23H18Cl2FN3O2/c1-29-24(32-9-2-10-32)16-4-7-19(21(28)11-16)22(33)12-15-3-5-17(26)13-20(15)25(34)31-23-8-6-18(27)14-30-23;1-28-23(31-8-9-31)15-3-6-18(20(27)10-15)21(32)11-14-2-4-16(25)12-19(14)24(33)30-22-7-5-17(26)13-29-22;25-16-4-2-14(19(12-16)24(33)30-22-7-5-17(26)13-29-22)11-21(32)18-6-3-15(10-20(18)27)23(28)31-8-1-9-31;1-13(27-2)14-4-7-18(20(26)9-14)21(30)10-15-3-5-16(24)11-19(15)23(31)29-22-8-6-17(25)12-28-22/h3-8,11,13-14H,2,9-10,12H2,1H3,(H,30,31,34);2-7,10,12-13H,8-9,11H2,1H3,(H,29,30,33);2-7,10,12-13,28H,1,8-9,11H2,(H,29,30,33);3-9,11-12H,10H2,1-2H3,(H,28,29,31). The van der Waals surface area contributed by atoms with E-state index in [2.05, 4.69) is 66.0 Å². The molecule has 12 aromatic rings. The van der Waals surface area contributed by atoms with Crippen LogP contribution in [0.3, 0.4) is 0 Å². The second kappa shape index (κ2) is 45.5. The molecule has 8 aromatic carbocycles. The van der Waals surface area contributed by atoms with Gasteiger partial charge in [-0.3, -0.25) is 58.7 Å². The molecule has 3 fully saturated rings. The summed E-state index contributed by atoms with van der Waals surface area (Å²) in [6, 6.07) is 50.6. The summed E-state index contributed by atoms with van der Waals surface area (Å²) >= 11 is 60.6. The van der Waals surface area contributed by atoms with Gasteiger partial charge in [-0.2, -0.15) is 0 Å². The van der Waals surface area contributed by atoms with Crippen LogP contribution in [0.1, 0.15) is 147 Å². The van der Waals surface area contributed by atoms with Crippen molar-refractivity contribution in [3.63, 3.8) is 0 Å². The maximum atomic E-state index is 14.7. The fourth-order valence-electron chi connectivity index (χ4n) is 13.4. The minimum atomic E-state index is -0.701. The predicted octanol–water partition coefficient (Wildman–Crippen LogP) is 22.1. The Kier molecular flexibility index (Phi) is 34.0. The van der Waals surface area contributed by atoms with Gasteiger partial charge in [0.25, 0.3) is 23.6 Å². The molecule has 7 heterocycles. The van der Waals surface area contributed by atoms with E-state index in [0.29, 0.717) is 118 Å². The van der Waals surface area contributed by atoms with Crippen LogP contribution in [0, 0.1) is 17.0 Å². The van der Waals surface area contributed by atoms with Gasteiger partial charge in [-0.25, -0.2) is 28.7 Å². The number of hydrogen-bond acceptors (Lipinski definition) is 16. The maximum Gasteiger partial charge on any atom is 0.257 e. The lowest BCUT2D eigenvalue weighted by atomic mass is 9.97. The Bertz CT molecular complexity index is 6500. The van der Waals surface area contributed by atoms with Crippen LogP contribution in [0.15, 0.2) is 234 Å². The highest BCUT2D eigenvalue weighted by Gasteiger charge is 2.29. The van der Waals surface area contributed by atoms with Crippen molar-refractivity contribution in [2.45, 2.75) is 45.4 Å². The lowest BCUT2D eigenvalue weighted by Crippen LogP contribution is -2.42. The number of halogens is 12. The van der Waals surface area contributed by atoms with E-state index >= 15 is 0 Å². The Labute approximate surface area is 802 Å². The Balaban J connectivity index is 0.000000158. The first-order valence-corrected chi connectivity index (χ1v) is 44.0. The molecule has 131 heavy (non-hydrogen) atoms. The number of likely N-dealkylation sites (tertiary alicyclic amines) is 2. The molecule has 23 nitrogen and oxygen atoms in total. The van der Waals surface area contributed by atoms with Gasteiger partial charge in [0, 0.05) is 187 Å². The molecule has 4 amide bonds.